The van der Waals surface area contributed by atoms with Crippen molar-refractivity contribution in [3.05, 3.63) is 40.2 Å². The maximum absolute atomic E-state index is 12.9. The number of H-pyrrole nitrogens is 1. The van der Waals surface area contributed by atoms with Gasteiger partial charge in [0.05, 0.1) is 23.5 Å². The van der Waals surface area contributed by atoms with Gasteiger partial charge in [0.1, 0.15) is 5.82 Å². The van der Waals surface area contributed by atoms with E-state index >= 15 is 0 Å². The van der Waals surface area contributed by atoms with Crippen molar-refractivity contribution < 1.29 is 9.59 Å². The summed E-state index contributed by atoms with van der Waals surface area (Å²) in [5.74, 6) is 0.988. The highest BCUT2D eigenvalue weighted by Crippen LogP contribution is 2.38. The Morgan fingerprint density at radius 3 is 2.89 bits per heavy atom. The third kappa shape index (κ3) is 3.70. The second-order valence-corrected chi connectivity index (χ2v) is 7.38. The van der Waals surface area contributed by atoms with Crippen LogP contribution in [0.25, 0.3) is 0 Å². The Morgan fingerprint density at radius 2 is 2.19 bits per heavy atom. The van der Waals surface area contributed by atoms with Crippen molar-refractivity contribution in [2.24, 2.45) is 0 Å². The lowest BCUT2D eigenvalue weighted by atomic mass is 10.1. The van der Waals surface area contributed by atoms with Gasteiger partial charge in [-0.1, -0.05) is 0 Å². The molecule has 2 N–H and O–H groups in total. The van der Waals surface area contributed by atoms with E-state index in [1.165, 1.54) is 0 Å². The average Bonchev–Trinajstić information content (AvgIpc) is 3.46. The van der Waals surface area contributed by atoms with Crippen LogP contribution in [0.5, 0.6) is 0 Å². The van der Waals surface area contributed by atoms with Gasteiger partial charge in [-0.3, -0.25) is 14.7 Å². The topological polar surface area (TPSA) is 104 Å². The van der Waals surface area contributed by atoms with Crippen LogP contribution in [-0.4, -0.2) is 50.0 Å². The second-order valence-electron chi connectivity index (χ2n) is 7.38. The van der Waals surface area contributed by atoms with Crippen LogP contribution in [0.3, 0.4) is 0 Å². The van der Waals surface area contributed by atoms with Crippen molar-refractivity contribution >= 4 is 11.8 Å². The van der Waals surface area contributed by atoms with Crippen LogP contribution in [0.4, 0.5) is 0 Å². The number of aromatic amines is 1. The molecule has 3 heterocycles. The zero-order valence-electron chi connectivity index (χ0n) is 15.7. The van der Waals surface area contributed by atoms with Crippen molar-refractivity contribution in [3.8, 4) is 0 Å². The molecule has 2 aromatic heterocycles. The van der Waals surface area contributed by atoms with Gasteiger partial charge in [0, 0.05) is 36.5 Å². The zero-order valence-corrected chi connectivity index (χ0v) is 15.7. The summed E-state index contributed by atoms with van der Waals surface area (Å²) in [6.07, 6.45) is 5.46. The molecule has 0 spiro atoms. The van der Waals surface area contributed by atoms with E-state index < -0.39 is 0 Å². The number of fused-ring (bicyclic) bond motifs is 1. The maximum atomic E-state index is 12.9. The van der Waals surface area contributed by atoms with Gasteiger partial charge in [0.15, 0.2) is 0 Å². The number of aromatic nitrogens is 4. The lowest BCUT2D eigenvalue weighted by Crippen LogP contribution is -2.40. The number of hydrogen-bond donors (Lipinski definition) is 2. The summed E-state index contributed by atoms with van der Waals surface area (Å²) < 4.78 is 0. The molecule has 0 unspecified atom stereocenters. The van der Waals surface area contributed by atoms with E-state index in [2.05, 4.69) is 25.5 Å². The lowest BCUT2D eigenvalue weighted by molar-refractivity contribution is -0.122. The smallest absolute Gasteiger partial charge is 0.257 e. The first-order valence-electron chi connectivity index (χ1n) is 9.45. The standard InChI is InChI=1S/C19H24N6O2/c1-11-14(12(2)24-23-11)8-20-17(26)10-25-7-3-4-16-15(19(25)27)9-21-18(22-16)13-5-6-13/h9,13H,3-8,10H2,1-2H3,(H,20,26)(H,23,24). The predicted molar refractivity (Wildman–Crippen MR) is 98.1 cm³/mol. The molecule has 2 amide bonds. The number of carbonyl (C=O) groups is 2. The Labute approximate surface area is 157 Å². The molecule has 8 nitrogen and oxygen atoms in total. The van der Waals surface area contributed by atoms with E-state index in [0.717, 1.165) is 54.2 Å². The van der Waals surface area contributed by atoms with Crippen molar-refractivity contribution in [1.29, 1.82) is 0 Å². The second kappa shape index (κ2) is 7.09. The molecule has 0 saturated heterocycles. The molecule has 142 valence electrons. The van der Waals surface area contributed by atoms with Crippen LogP contribution in [0.15, 0.2) is 6.20 Å². The fraction of sp³-hybridized carbons (Fsp3) is 0.526. The molecule has 1 aliphatic heterocycles. The molecular weight excluding hydrogens is 344 g/mol. The minimum atomic E-state index is -0.178. The van der Waals surface area contributed by atoms with E-state index in [0.29, 0.717) is 24.6 Å². The van der Waals surface area contributed by atoms with Crippen molar-refractivity contribution in [2.45, 2.75) is 52.0 Å². The first kappa shape index (κ1) is 17.6. The highest BCUT2D eigenvalue weighted by atomic mass is 16.2. The Morgan fingerprint density at radius 1 is 1.37 bits per heavy atom. The average molecular weight is 368 g/mol. The fourth-order valence-corrected chi connectivity index (χ4v) is 3.45. The molecule has 2 aliphatic rings. The third-order valence-corrected chi connectivity index (χ3v) is 5.27. The Balaban J connectivity index is 1.41. The van der Waals surface area contributed by atoms with Crippen molar-refractivity contribution in [2.75, 3.05) is 13.1 Å². The molecule has 27 heavy (non-hydrogen) atoms. The minimum absolute atomic E-state index is 0.0403. The van der Waals surface area contributed by atoms with Crippen LogP contribution in [0.1, 0.15) is 64.0 Å². The van der Waals surface area contributed by atoms with Gasteiger partial charge >= 0.3 is 0 Å². The van der Waals surface area contributed by atoms with E-state index in [1.807, 2.05) is 13.8 Å². The molecule has 1 aliphatic carbocycles. The summed E-state index contributed by atoms with van der Waals surface area (Å²) in [7, 11) is 0. The number of carbonyl (C=O) groups excluding carboxylic acids is 2. The summed E-state index contributed by atoms with van der Waals surface area (Å²) in [6.45, 7) is 4.81. The number of nitrogens with zero attached hydrogens (tertiary/aromatic N) is 4. The van der Waals surface area contributed by atoms with Crippen LogP contribution < -0.4 is 5.32 Å². The number of hydrogen-bond acceptors (Lipinski definition) is 5. The first-order chi connectivity index (χ1) is 13.0. The van der Waals surface area contributed by atoms with Gasteiger partial charge in [-0.2, -0.15) is 5.10 Å². The van der Waals surface area contributed by atoms with Gasteiger partial charge in [-0.05, 0) is 39.5 Å². The van der Waals surface area contributed by atoms with E-state index in [1.54, 1.807) is 11.1 Å². The van der Waals surface area contributed by atoms with E-state index in [4.69, 9.17) is 0 Å². The number of nitrogens with one attached hydrogen (secondary N) is 2. The molecule has 0 atom stereocenters. The van der Waals surface area contributed by atoms with Crippen molar-refractivity contribution in [1.82, 2.24) is 30.4 Å². The summed E-state index contributed by atoms with van der Waals surface area (Å²) >= 11 is 0. The first-order valence-corrected chi connectivity index (χ1v) is 9.45. The van der Waals surface area contributed by atoms with Gasteiger partial charge in [0.2, 0.25) is 5.91 Å². The molecule has 0 aromatic carbocycles. The highest BCUT2D eigenvalue weighted by Gasteiger charge is 2.30. The summed E-state index contributed by atoms with van der Waals surface area (Å²) in [4.78, 5) is 35.8. The Bertz CT molecular complexity index is 867. The van der Waals surface area contributed by atoms with Crippen LogP contribution in [0.2, 0.25) is 0 Å². The summed E-state index contributed by atoms with van der Waals surface area (Å²) in [6, 6.07) is 0. The predicted octanol–water partition coefficient (Wildman–Crippen LogP) is 1.40. The molecule has 4 rings (SSSR count). The van der Waals surface area contributed by atoms with Crippen LogP contribution in [0, 0.1) is 13.8 Å². The SMILES string of the molecule is Cc1n[nH]c(C)c1CNC(=O)CN1CCCc2nc(C3CC3)ncc2C1=O. The molecule has 1 fully saturated rings. The lowest BCUT2D eigenvalue weighted by Gasteiger charge is -2.20. The molecule has 2 aromatic rings. The molecule has 0 bridgehead atoms. The van der Waals surface area contributed by atoms with Gasteiger partial charge < -0.3 is 10.2 Å². The quantitative estimate of drug-likeness (QED) is 0.830. The molecular formula is C19H24N6O2. The number of amides is 2. The summed E-state index contributed by atoms with van der Waals surface area (Å²) in [5, 5.41) is 9.92. The molecule has 8 heteroatoms. The zero-order chi connectivity index (χ0) is 19.0. The number of rotatable bonds is 5. The van der Waals surface area contributed by atoms with Crippen LogP contribution >= 0.6 is 0 Å². The van der Waals surface area contributed by atoms with E-state index in [9.17, 15) is 9.59 Å². The monoisotopic (exact) mass is 368 g/mol. The molecule has 1 saturated carbocycles. The maximum Gasteiger partial charge on any atom is 0.257 e. The van der Waals surface area contributed by atoms with E-state index in [-0.39, 0.29) is 18.4 Å². The van der Waals surface area contributed by atoms with Crippen molar-refractivity contribution in [3.63, 3.8) is 0 Å². The normalized spacial score (nSPS) is 16.8. The van der Waals surface area contributed by atoms with Gasteiger partial charge in [-0.15, -0.1) is 0 Å². The summed E-state index contributed by atoms with van der Waals surface area (Å²) in [5.41, 5.74) is 4.15. The van der Waals surface area contributed by atoms with Gasteiger partial charge in [-0.25, -0.2) is 9.97 Å². The largest absolute Gasteiger partial charge is 0.350 e. The number of aryl methyl sites for hydroxylation is 3. The fourth-order valence-electron chi connectivity index (χ4n) is 3.45. The Hall–Kier alpha value is -2.77. The minimum Gasteiger partial charge on any atom is -0.350 e. The Kier molecular flexibility index (Phi) is 4.63. The highest BCUT2D eigenvalue weighted by molar-refractivity contribution is 5.97. The third-order valence-electron chi connectivity index (χ3n) is 5.27. The van der Waals surface area contributed by atoms with Crippen LogP contribution in [-0.2, 0) is 17.8 Å². The van der Waals surface area contributed by atoms with Gasteiger partial charge in [0.25, 0.3) is 5.91 Å². The molecule has 0 radical (unpaired) electrons.